The van der Waals surface area contributed by atoms with E-state index in [-0.39, 0.29) is 62.5 Å². The number of hydrazone groups is 2. The maximum atomic E-state index is 14.6. The Morgan fingerprint density at radius 3 is 1.51 bits per heavy atom. The Kier molecular flexibility index (Phi) is 27.5. The fraction of sp³-hybridized carbons (Fsp3) is 0.360. The van der Waals surface area contributed by atoms with Crippen molar-refractivity contribution in [1.29, 1.82) is 0 Å². The number of hydrogen-bond donors (Lipinski definition) is 1. The Hall–Kier alpha value is -4.99. The predicted octanol–water partition coefficient (Wildman–Crippen LogP) is 11.1. The van der Waals surface area contributed by atoms with Crippen molar-refractivity contribution >= 4 is 163 Å². The zero-order chi connectivity index (χ0) is 55.3. The van der Waals surface area contributed by atoms with Crippen LogP contribution in [0.1, 0.15) is 43.7 Å². The molecule has 2 N–H and O–H groups in total. The van der Waals surface area contributed by atoms with Gasteiger partial charge in [0.25, 0.3) is 6.43 Å². The molecule has 4 aromatic rings. The lowest BCUT2D eigenvalue weighted by Crippen LogP contribution is -2.37. The minimum atomic E-state index is -2.70. The lowest BCUT2D eigenvalue weighted by atomic mass is 9.89. The number of carbonyl (C=O) groups is 4. The van der Waals surface area contributed by atoms with Gasteiger partial charge in [0.05, 0.1) is 60.4 Å². The number of benzene rings is 4. The fourth-order valence-electron chi connectivity index (χ4n) is 7.61. The Balaban J connectivity index is 0.000000241. The molecule has 0 bridgehead atoms. The molecule has 27 heteroatoms. The van der Waals surface area contributed by atoms with Crippen molar-refractivity contribution in [3.05, 3.63) is 120 Å². The number of nitrogens with zero attached hydrogens (tertiary/aromatic N) is 8. The van der Waals surface area contributed by atoms with Crippen molar-refractivity contribution in [2.75, 3.05) is 72.0 Å². The summed E-state index contributed by atoms with van der Waals surface area (Å²) >= 11 is 16.0. The first-order chi connectivity index (χ1) is 36.4. The number of rotatable bonds is 17. The van der Waals surface area contributed by atoms with Crippen LogP contribution in [0.3, 0.4) is 0 Å². The summed E-state index contributed by atoms with van der Waals surface area (Å²) in [4.78, 5) is 50.5. The molecule has 0 aromatic heterocycles. The first-order valence-electron chi connectivity index (χ1n) is 23.0. The molecule has 0 radical (unpaired) electrons. The molecule has 0 aliphatic carbocycles. The highest BCUT2D eigenvalue weighted by atomic mass is 127. The van der Waals surface area contributed by atoms with Crippen molar-refractivity contribution in [3.63, 3.8) is 0 Å². The van der Waals surface area contributed by atoms with Crippen LogP contribution in [0.5, 0.6) is 0 Å². The molecule has 16 nitrogen and oxygen atoms in total. The van der Waals surface area contributed by atoms with E-state index in [9.17, 15) is 45.5 Å². The minimum absolute atomic E-state index is 0. The number of hydrogen-bond acceptors (Lipinski definition) is 14. The van der Waals surface area contributed by atoms with Crippen molar-refractivity contribution in [2.24, 2.45) is 15.9 Å². The second-order valence-electron chi connectivity index (χ2n) is 16.3. The van der Waals surface area contributed by atoms with Crippen LogP contribution in [0.4, 0.5) is 58.7 Å². The van der Waals surface area contributed by atoms with Crippen molar-refractivity contribution in [2.45, 2.75) is 57.6 Å². The molecule has 4 amide bonds. The topological polar surface area (TPSA) is 166 Å². The van der Waals surface area contributed by atoms with E-state index in [1.165, 1.54) is 50.7 Å². The quantitative estimate of drug-likeness (QED) is 0.0350. The molecule has 77 heavy (non-hydrogen) atoms. The van der Waals surface area contributed by atoms with Crippen LogP contribution in [0.25, 0.3) is 0 Å². The third kappa shape index (κ3) is 20.0. The number of nitrogens with two attached hydrogens (primary N) is 1. The molecule has 4 heterocycles. The largest absolute Gasteiger partial charge is 0.482 e. The zero-order valence-electron chi connectivity index (χ0n) is 40.0. The van der Waals surface area contributed by atoms with Gasteiger partial charge in [0.1, 0.15) is 36.5 Å². The maximum absolute atomic E-state index is 14.6. The second-order valence-corrected chi connectivity index (χ2v) is 28.1. The Bertz CT molecular complexity index is 2600. The summed E-state index contributed by atoms with van der Waals surface area (Å²) in [6, 6.07) is 28.6. The number of alkyl halides is 7. The molecule has 4 aromatic carbocycles. The van der Waals surface area contributed by atoms with Crippen LogP contribution in [-0.2, 0) is 23.8 Å². The number of ether oxygens (including phenoxy) is 3. The lowest BCUT2D eigenvalue weighted by Gasteiger charge is -2.27. The molecule has 2 fully saturated rings. The third-order valence-corrected chi connectivity index (χ3v) is 12.0. The Labute approximate surface area is 493 Å². The van der Waals surface area contributed by atoms with E-state index in [0.717, 1.165) is 11.1 Å². The van der Waals surface area contributed by atoms with Crippen molar-refractivity contribution < 1.29 is 59.7 Å². The second kappa shape index (κ2) is 32.8. The average molecular weight is 1450 g/mol. The predicted molar refractivity (Wildman–Crippen MR) is 319 cm³/mol. The van der Waals surface area contributed by atoms with E-state index in [1.807, 2.05) is 60.7 Å². The SMILES string of the molecule is C.FC(F)C(=S)OCCC(c1ccccc1)c1ccccc1.IC(I)I.NC[C@H]1CN(c2ccc(N3C=NN(C=O)CC3)c(F)c2)C(=O)O1.O=CN1CCN(c2ccc(N3C[C@H](CCC(=S)C(F)F)OC3=O)cc2F)C=N1. The summed E-state index contributed by atoms with van der Waals surface area (Å²) < 4.78 is 94.5. The summed E-state index contributed by atoms with van der Waals surface area (Å²) in [5.74, 6) is -0.955. The van der Waals surface area contributed by atoms with Gasteiger partial charge in [0.15, 0.2) is 0 Å². The molecule has 2 atom stereocenters. The molecule has 416 valence electrons. The van der Waals surface area contributed by atoms with Crippen LogP contribution in [0, 0.1) is 11.6 Å². The van der Waals surface area contributed by atoms with E-state index >= 15 is 0 Å². The van der Waals surface area contributed by atoms with Gasteiger partial charge in [-0.25, -0.2) is 45.9 Å². The van der Waals surface area contributed by atoms with Crippen LogP contribution in [0.15, 0.2) is 107 Å². The van der Waals surface area contributed by atoms with E-state index in [2.05, 4.69) is 102 Å². The summed E-state index contributed by atoms with van der Waals surface area (Å²) in [7, 11) is 0. The van der Waals surface area contributed by atoms with E-state index in [4.69, 9.17) is 19.9 Å². The number of halogens is 9. The number of cyclic esters (lactones) is 2. The number of anilines is 4. The minimum Gasteiger partial charge on any atom is -0.482 e. The van der Waals surface area contributed by atoms with Gasteiger partial charge in [-0.2, -0.15) is 10.2 Å². The normalized spacial score (nSPS) is 16.7. The maximum Gasteiger partial charge on any atom is 0.414 e. The number of thiocarbonyl (C=S) groups is 2. The van der Waals surface area contributed by atoms with Gasteiger partial charge in [-0.3, -0.25) is 19.4 Å². The molecule has 0 spiro atoms. The van der Waals surface area contributed by atoms with Crippen LogP contribution in [-0.4, -0.2) is 135 Å². The van der Waals surface area contributed by atoms with Crippen molar-refractivity contribution in [1.82, 2.24) is 10.0 Å². The molecule has 2 saturated heterocycles. The average Bonchev–Trinajstić information content (AvgIpc) is 4.00. The number of amides is 4. The summed E-state index contributed by atoms with van der Waals surface area (Å²) in [5, 5.41) is 9.55. The zero-order valence-corrected chi connectivity index (χ0v) is 48.1. The van der Waals surface area contributed by atoms with Crippen LogP contribution >= 0.6 is 92.2 Å². The van der Waals surface area contributed by atoms with Gasteiger partial charge in [0, 0.05) is 25.6 Å². The van der Waals surface area contributed by atoms with Gasteiger partial charge in [-0.05, 0) is 79.0 Å². The standard InChI is InChI=1S/C17H17F3N4O3S.C17H16F2OS.C14H16FN5O3.CHI3.CH4/c18-13-7-11(1-3-14(13)22-5-6-23(10-25)21-9-22)24-8-12(27-17(24)26)2-4-15(28)16(19)20;18-16(19)17(21)20-12-11-15(13-7-3-1-4-8-13)14-9-5-2-6-10-14;15-12-5-10(20-7-11(6-16)23-14(20)22)1-2-13(12)18-3-4-19(9-21)17-8-18;2-1(3)4;/h1,3,7,9-10,12,16H,2,4-6,8H2;1-10,15-16H,11-12H2;1-2,5,8-9,11H,3-4,6-7,16H2;1H;1H4/t12-;;11-;;/m0.0../s1. The molecule has 4 aliphatic heterocycles. The van der Waals surface area contributed by atoms with E-state index in [1.54, 1.807) is 28.0 Å². The molecule has 0 saturated carbocycles. The van der Waals surface area contributed by atoms with Gasteiger partial charge in [0.2, 0.25) is 17.9 Å². The first kappa shape index (κ1) is 64.5. The van der Waals surface area contributed by atoms with E-state index in [0.29, 0.717) is 69.0 Å². The summed E-state index contributed by atoms with van der Waals surface area (Å²) in [5.41, 5.74) is 9.04. The van der Waals surface area contributed by atoms with Gasteiger partial charge in [-0.1, -0.05) is 148 Å². The Morgan fingerprint density at radius 1 is 0.701 bits per heavy atom. The van der Waals surface area contributed by atoms with Crippen LogP contribution < -0.4 is 25.3 Å². The monoisotopic (exact) mass is 1450 g/mol. The molecular formula is C50H54F6I3N9O7S2. The molecular weight excluding hydrogens is 1400 g/mol. The fourth-order valence-corrected chi connectivity index (χ4v) is 7.82. The van der Waals surface area contributed by atoms with Gasteiger partial charge < -0.3 is 29.7 Å². The highest BCUT2D eigenvalue weighted by molar-refractivity contribution is 14.3. The van der Waals surface area contributed by atoms with Gasteiger partial charge in [-0.15, -0.1) is 0 Å². The molecule has 8 rings (SSSR count). The number of carbonyl (C=O) groups excluding carboxylic acids is 4. The van der Waals surface area contributed by atoms with Gasteiger partial charge >= 0.3 is 18.6 Å². The summed E-state index contributed by atoms with van der Waals surface area (Å²) in [6.45, 7) is 2.32. The lowest BCUT2D eigenvalue weighted by molar-refractivity contribution is -0.118. The summed E-state index contributed by atoms with van der Waals surface area (Å²) in [6.07, 6.45) is -2.86. The third-order valence-electron chi connectivity index (χ3n) is 11.4. The molecule has 0 unspecified atom stereocenters. The highest BCUT2D eigenvalue weighted by Gasteiger charge is 2.34. The smallest absolute Gasteiger partial charge is 0.414 e. The van der Waals surface area contributed by atoms with E-state index < -0.39 is 47.8 Å². The first-order valence-corrected chi connectivity index (χ1v) is 27.6. The molecule has 4 aliphatic rings. The highest BCUT2D eigenvalue weighted by Crippen LogP contribution is 2.31. The Morgan fingerprint density at radius 2 is 1.14 bits per heavy atom. The van der Waals surface area contributed by atoms with Crippen molar-refractivity contribution in [3.8, 4) is 0 Å². The van der Waals surface area contributed by atoms with Crippen LogP contribution in [0.2, 0.25) is 0 Å².